The first-order chi connectivity index (χ1) is 3.13. The van der Waals surface area contributed by atoms with Gasteiger partial charge in [0, 0.05) is 12.1 Å². The summed E-state index contributed by atoms with van der Waals surface area (Å²) < 4.78 is 0. The Hall–Kier alpha value is 0.517. The van der Waals surface area contributed by atoms with Crippen molar-refractivity contribution < 1.29 is 18.9 Å². The summed E-state index contributed by atoms with van der Waals surface area (Å²) in [5, 5.41) is 3.31. The van der Waals surface area contributed by atoms with Crippen molar-refractivity contribution >= 4 is 0 Å². The quantitative estimate of drug-likeness (QED) is 0.477. The predicted octanol–water partition coefficient (Wildman–Crippen LogP) is -0.886. The van der Waals surface area contributed by atoms with Gasteiger partial charge in [0.15, 0.2) is 0 Å². The summed E-state index contributed by atoms with van der Waals surface area (Å²) in [6.07, 6.45) is 0. The van der Waals surface area contributed by atoms with Crippen LogP contribution in [0, 0.1) is 0 Å². The van der Waals surface area contributed by atoms with Crippen molar-refractivity contribution in [1.29, 1.82) is 0 Å². The van der Waals surface area contributed by atoms with Crippen LogP contribution in [0.1, 0.15) is 27.7 Å². The van der Waals surface area contributed by atoms with E-state index in [1.165, 1.54) is 0 Å². The smallest absolute Gasteiger partial charge is 0.693 e. The van der Waals surface area contributed by atoms with Crippen LogP contribution in [0.25, 0.3) is 6.15 Å². The minimum Gasteiger partial charge on any atom is -0.693 e. The first-order valence-corrected chi connectivity index (χ1v) is 2.89. The Morgan fingerprint density at radius 2 is 1.11 bits per heavy atom. The Morgan fingerprint density at radius 1 is 0.889 bits per heavy atom. The summed E-state index contributed by atoms with van der Waals surface area (Å²) in [6, 6.07) is 1.25. The molecule has 0 spiro atoms. The third-order valence-corrected chi connectivity index (χ3v) is 0.667. The molecule has 0 amide bonds. The van der Waals surface area contributed by atoms with Crippen molar-refractivity contribution in [2.45, 2.75) is 39.8 Å². The van der Waals surface area contributed by atoms with Crippen LogP contribution >= 0.6 is 0 Å². The van der Waals surface area contributed by atoms with Gasteiger partial charge in [0.05, 0.1) is 0 Å². The van der Waals surface area contributed by atoms with E-state index in [0.29, 0.717) is 12.1 Å². The molecule has 0 aromatic heterocycles. The number of rotatable bonds is 2. The van der Waals surface area contributed by atoms with Gasteiger partial charge in [0.2, 0.25) is 0 Å². The van der Waals surface area contributed by atoms with Crippen LogP contribution in [0.3, 0.4) is 0 Å². The van der Waals surface area contributed by atoms with E-state index in [0.717, 1.165) is 0 Å². The molecule has 3 N–H and O–H groups in total. The molecule has 0 aliphatic rings. The van der Waals surface area contributed by atoms with Gasteiger partial charge in [-0.2, -0.15) is 0 Å². The van der Waals surface area contributed by atoms with Crippen LogP contribution in [-0.2, 0) is 0 Å². The first kappa shape index (κ1) is 16.3. The van der Waals surface area contributed by atoms with Crippen molar-refractivity contribution in [3.05, 3.63) is 6.15 Å². The standard InChI is InChI=1S/C6H15N.Li.H2N/c1-5(2)7-6(3)4;;/h5-7H,1-4H3;;1H2/q;+1;-1. The largest absolute Gasteiger partial charge is 1.00 e. The summed E-state index contributed by atoms with van der Waals surface area (Å²) in [7, 11) is 0. The molecule has 52 valence electrons. The Kier molecular flexibility index (Phi) is 15.4. The molecule has 0 saturated heterocycles. The Labute approximate surface area is 70.5 Å². The van der Waals surface area contributed by atoms with Crippen molar-refractivity contribution in [2.75, 3.05) is 0 Å². The van der Waals surface area contributed by atoms with Gasteiger partial charge in [-0.1, -0.05) is 27.7 Å². The van der Waals surface area contributed by atoms with Crippen LogP contribution in [0.5, 0.6) is 0 Å². The third kappa shape index (κ3) is 17.7. The maximum atomic E-state index is 3.31. The van der Waals surface area contributed by atoms with E-state index in [1.54, 1.807) is 0 Å². The molecule has 0 atom stereocenters. The van der Waals surface area contributed by atoms with Gasteiger partial charge in [-0.25, -0.2) is 0 Å². The van der Waals surface area contributed by atoms with Crippen LogP contribution in [0.4, 0.5) is 0 Å². The molecule has 0 aliphatic carbocycles. The van der Waals surface area contributed by atoms with E-state index < -0.39 is 0 Å². The number of nitrogens with one attached hydrogen (secondary N) is 1. The zero-order chi connectivity index (χ0) is 5.86. The van der Waals surface area contributed by atoms with Crippen molar-refractivity contribution in [1.82, 2.24) is 5.32 Å². The van der Waals surface area contributed by atoms with Gasteiger partial charge in [0.1, 0.15) is 0 Å². The first-order valence-electron chi connectivity index (χ1n) is 2.89. The van der Waals surface area contributed by atoms with Crippen molar-refractivity contribution in [2.24, 2.45) is 0 Å². The zero-order valence-corrected chi connectivity index (χ0v) is 7.23. The summed E-state index contributed by atoms with van der Waals surface area (Å²) >= 11 is 0. The second kappa shape index (κ2) is 8.52. The molecular weight excluding hydrogens is 107 g/mol. The van der Waals surface area contributed by atoms with E-state index in [9.17, 15) is 0 Å². The molecule has 0 fully saturated rings. The molecule has 0 aromatic carbocycles. The number of nitrogens with two attached hydrogens (primary N) is 1. The van der Waals surface area contributed by atoms with Crippen molar-refractivity contribution in [3.63, 3.8) is 0 Å². The number of hydrogen-bond acceptors (Lipinski definition) is 1. The summed E-state index contributed by atoms with van der Waals surface area (Å²) in [5.41, 5.74) is 0. The van der Waals surface area contributed by atoms with E-state index in [4.69, 9.17) is 0 Å². The summed E-state index contributed by atoms with van der Waals surface area (Å²) in [6.45, 7) is 8.61. The second-order valence-corrected chi connectivity index (χ2v) is 2.48. The van der Waals surface area contributed by atoms with Gasteiger partial charge in [-0.15, -0.1) is 0 Å². The van der Waals surface area contributed by atoms with E-state index in [2.05, 4.69) is 33.0 Å². The molecule has 0 heterocycles. The monoisotopic (exact) mass is 124 g/mol. The minimum atomic E-state index is 0. The Bertz CT molecular complexity index is 40.3. The molecule has 0 aliphatic heterocycles. The van der Waals surface area contributed by atoms with Crippen LogP contribution in [0.2, 0.25) is 0 Å². The van der Waals surface area contributed by atoms with Crippen LogP contribution in [-0.4, -0.2) is 12.1 Å². The van der Waals surface area contributed by atoms with Gasteiger partial charge in [-0.05, 0) is 0 Å². The minimum absolute atomic E-state index is 0. The Balaban J connectivity index is -0.000000180. The fraction of sp³-hybridized carbons (Fsp3) is 1.00. The molecule has 2 nitrogen and oxygen atoms in total. The fourth-order valence-electron chi connectivity index (χ4n) is 0.667. The second-order valence-electron chi connectivity index (χ2n) is 2.48. The van der Waals surface area contributed by atoms with Gasteiger partial charge >= 0.3 is 18.9 Å². The van der Waals surface area contributed by atoms with Crippen LogP contribution < -0.4 is 24.2 Å². The molecule has 0 unspecified atom stereocenters. The molecule has 9 heavy (non-hydrogen) atoms. The molecule has 0 radical (unpaired) electrons. The van der Waals surface area contributed by atoms with Crippen LogP contribution in [0.15, 0.2) is 0 Å². The third-order valence-electron chi connectivity index (χ3n) is 0.667. The summed E-state index contributed by atoms with van der Waals surface area (Å²) in [5.74, 6) is 0. The number of hydrogen-bond donors (Lipinski definition) is 1. The molecule has 0 saturated carbocycles. The average Bonchev–Trinajstić information content (AvgIpc) is 1.27. The molecular formula is C6H17LiN2. The van der Waals surface area contributed by atoms with Gasteiger partial charge < -0.3 is 11.5 Å². The molecule has 0 bridgehead atoms. The zero-order valence-electron chi connectivity index (χ0n) is 7.23. The summed E-state index contributed by atoms with van der Waals surface area (Å²) in [4.78, 5) is 0. The molecule has 3 heteroatoms. The maximum Gasteiger partial charge on any atom is 1.00 e. The fourth-order valence-corrected chi connectivity index (χ4v) is 0.667. The van der Waals surface area contributed by atoms with E-state index in [-0.39, 0.29) is 25.0 Å². The Morgan fingerprint density at radius 3 is 1.11 bits per heavy atom. The molecule has 0 aromatic rings. The average molecular weight is 124 g/mol. The maximum absolute atomic E-state index is 3.31. The van der Waals surface area contributed by atoms with Gasteiger partial charge in [0.25, 0.3) is 0 Å². The van der Waals surface area contributed by atoms with E-state index in [1.807, 2.05) is 0 Å². The van der Waals surface area contributed by atoms with Crippen molar-refractivity contribution in [3.8, 4) is 0 Å². The molecule has 0 rings (SSSR count). The predicted molar refractivity (Wildman–Crippen MR) is 38.7 cm³/mol. The van der Waals surface area contributed by atoms with E-state index >= 15 is 0 Å². The normalized spacial score (nSPS) is 8.67. The SMILES string of the molecule is CC(C)NC(C)C.[Li+].[NH2-]. The van der Waals surface area contributed by atoms with Gasteiger partial charge in [-0.3, -0.25) is 0 Å². The topological polar surface area (TPSA) is 45.5 Å².